The number of methoxy groups -OCH3 is 1. The summed E-state index contributed by atoms with van der Waals surface area (Å²) < 4.78 is 10.4. The average Bonchev–Trinajstić information content (AvgIpc) is 2.81. The highest BCUT2D eigenvalue weighted by molar-refractivity contribution is 5.98. The lowest BCUT2D eigenvalue weighted by molar-refractivity contribution is -0.143. The number of aromatic amines is 1. The summed E-state index contributed by atoms with van der Waals surface area (Å²) in [6.45, 7) is 0.987. The molecule has 2 N–H and O–H groups in total. The number of carboxylic acid groups (broad SMARTS) is 1. The number of carbonyl (C=O) groups is 2. The summed E-state index contributed by atoms with van der Waals surface area (Å²) in [6, 6.07) is 7.25. The molecule has 7 heteroatoms. The molecule has 1 unspecified atom stereocenters. The number of amides is 1. The number of benzene rings is 1. The van der Waals surface area contributed by atoms with E-state index in [1.807, 2.05) is 18.2 Å². The van der Waals surface area contributed by atoms with Crippen molar-refractivity contribution in [1.29, 1.82) is 0 Å². The first-order valence-corrected chi connectivity index (χ1v) is 7.35. The minimum absolute atomic E-state index is 0.128. The zero-order valence-electron chi connectivity index (χ0n) is 12.7. The zero-order valence-corrected chi connectivity index (χ0v) is 12.7. The first kappa shape index (κ1) is 15.4. The Morgan fingerprint density at radius 3 is 2.96 bits per heavy atom. The number of H-pyrrole nitrogens is 1. The van der Waals surface area contributed by atoms with Gasteiger partial charge in [-0.3, -0.25) is 9.59 Å². The number of nitrogens with one attached hydrogen (secondary N) is 1. The van der Waals surface area contributed by atoms with E-state index in [4.69, 9.17) is 14.6 Å². The van der Waals surface area contributed by atoms with Crippen LogP contribution in [0.3, 0.4) is 0 Å². The van der Waals surface area contributed by atoms with Gasteiger partial charge in [-0.05, 0) is 24.3 Å². The minimum Gasteiger partial charge on any atom is -0.497 e. The molecular formula is C16H18N2O5. The molecule has 2 heterocycles. The van der Waals surface area contributed by atoms with Gasteiger partial charge < -0.3 is 24.5 Å². The van der Waals surface area contributed by atoms with Crippen molar-refractivity contribution in [2.24, 2.45) is 5.92 Å². The molecule has 23 heavy (non-hydrogen) atoms. The van der Waals surface area contributed by atoms with Gasteiger partial charge in [-0.1, -0.05) is 0 Å². The molecule has 0 bridgehead atoms. The standard InChI is InChI=1S/C16H18N2O5/c1-22-12-2-3-13-10(6-12)7-14(17-13)15(19)18-4-5-23-9-11(8-18)16(20)21/h2-3,6-7,11,17H,4-5,8-9H2,1H3,(H,20,21). The molecule has 0 aliphatic carbocycles. The maximum Gasteiger partial charge on any atom is 0.310 e. The van der Waals surface area contributed by atoms with Gasteiger partial charge in [0.1, 0.15) is 11.4 Å². The molecule has 122 valence electrons. The van der Waals surface area contributed by atoms with Gasteiger partial charge in [0.15, 0.2) is 0 Å². The maximum absolute atomic E-state index is 12.7. The van der Waals surface area contributed by atoms with Crippen LogP contribution in [-0.2, 0) is 9.53 Å². The van der Waals surface area contributed by atoms with Gasteiger partial charge in [0.25, 0.3) is 5.91 Å². The lowest BCUT2D eigenvalue weighted by atomic mass is 10.1. The predicted octanol–water partition coefficient (Wildman–Crippen LogP) is 1.35. The van der Waals surface area contributed by atoms with Gasteiger partial charge >= 0.3 is 5.97 Å². The monoisotopic (exact) mass is 318 g/mol. The van der Waals surface area contributed by atoms with E-state index in [0.717, 1.165) is 10.9 Å². The van der Waals surface area contributed by atoms with E-state index in [1.54, 1.807) is 13.2 Å². The van der Waals surface area contributed by atoms with Gasteiger partial charge in [-0.2, -0.15) is 0 Å². The van der Waals surface area contributed by atoms with E-state index in [-0.39, 0.29) is 19.1 Å². The van der Waals surface area contributed by atoms with Crippen LogP contribution in [-0.4, -0.2) is 60.3 Å². The van der Waals surface area contributed by atoms with Crippen molar-refractivity contribution in [1.82, 2.24) is 9.88 Å². The van der Waals surface area contributed by atoms with Crippen LogP contribution in [0.15, 0.2) is 24.3 Å². The largest absolute Gasteiger partial charge is 0.497 e. The molecule has 1 amide bonds. The Morgan fingerprint density at radius 1 is 1.39 bits per heavy atom. The molecule has 3 rings (SSSR count). The molecule has 1 saturated heterocycles. The molecule has 2 aromatic rings. The van der Waals surface area contributed by atoms with E-state index in [1.165, 1.54) is 4.90 Å². The normalized spacial score (nSPS) is 18.7. The van der Waals surface area contributed by atoms with E-state index in [0.29, 0.717) is 24.6 Å². The summed E-state index contributed by atoms with van der Waals surface area (Å²) >= 11 is 0. The van der Waals surface area contributed by atoms with Crippen molar-refractivity contribution in [3.8, 4) is 5.75 Å². The van der Waals surface area contributed by atoms with Crippen LogP contribution >= 0.6 is 0 Å². The molecule has 0 spiro atoms. The number of fused-ring (bicyclic) bond motifs is 1. The predicted molar refractivity (Wildman–Crippen MR) is 82.7 cm³/mol. The van der Waals surface area contributed by atoms with Crippen LogP contribution in [0.25, 0.3) is 10.9 Å². The number of aromatic nitrogens is 1. The lowest BCUT2D eigenvalue weighted by Gasteiger charge is -2.21. The second-order valence-corrected chi connectivity index (χ2v) is 5.50. The zero-order chi connectivity index (χ0) is 16.4. The third-order valence-corrected chi connectivity index (χ3v) is 3.96. The van der Waals surface area contributed by atoms with Crippen molar-refractivity contribution < 1.29 is 24.2 Å². The van der Waals surface area contributed by atoms with Crippen LogP contribution < -0.4 is 4.74 Å². The maximum atomic E-state index is 12.7. The van der Waals surface area contributed by atoms with Gasteiger partial charge in [-0.25, -0.2) is 0 Å². The Balaban J connectivity index is 1.85. The molecule has 0 saturated carbocycles. The molecule has 1 aromatic heterocycles. The Labute approximate surface area is 132 Å². The van der Waals surface area contributed by atoms with Crippen molar-refractivity contribution >= 4 is 22.8 Å². The van der Waals surface area contributed by atoms with E-state index in [9.17, 15) is 9.59 Å². The fourth-order valence-electron chi connectivity index (χ4n) is 2.67. The number of hydrogen-bond donors (Lipinski definition) is 2. The minimum atomic E-state index is -0.953. The SMILES string of the molecule is COc1ccc2[nH]c(C(=O)N3CCOCC(C(=O)O)C3)cc2c1. The van der Waals surface area contributed by atoms with Crippen molar-refractivity contribution in [2.75, 3.05) is 33.4 Å². The third kappa shape index (κ3) is 3.14. The smallest absolute Gasteiger partial charge is 0.310 e. The average molecular weight is 318 g/mol. The van der Waals surface area contributed by atoms with Crippen LogP contribution in [0.1, 0.15) is 10.5 Å². The highest BCUT2D eigenvalue weighted by Crippen LogP contribution is 2.22. The third-order valence-electron chi connectivity index (χ3n) is 3.96. The fourth-order valence-corrected chi connectivity index (χ4v) is 2.67. The van der Waals surface area contributed by atoms with E-state index in [2.05, 4.69) is 4.98 Å². The number of hydrogen-bond acceptors (Lipinski definition) is 4. The first-order valence-electron chi connectivity index (χ1n) is 7.35. The highest BCUT2D eigenvalue weighted by Gasteiger charge is 2.28. The van der Waals surface area contributed by atoms with Crippen LogP contribution in [0.2, 0.25) is 0 Å². The van der Waals surface area contributed by atoms with Crippen molar-refractivity contribution in [2.45, 2.75) is 0 Å². The van der Waals surface area contributed by atoms with Crippen LogP contribution in [0.5, 0.6) is 5.75 Å². The Kier molecular flexibility index (Phi) is 4.20. The Hall–Kier alpha value is -2.54. The first-order chi connectivity index (χ1) is 11.1. The number of aliphatic carboxylic acids is 1. The second kappa shape index (κ2) is 6.29. The van der Waals surface area contributed by atoms with Gasteiger partial charge in [0.05, 0.1) is 26.2 Å². The number of carbonyl (C=O) groups excluding carboxylic acids is 1. The van der Waals surface area contributed by atoms with Crippen molar-refractivity contribution in [3.63, 3.8) is 0 Å². The van der Waals surface area contributed by atoms with Crippen LogP contribution in [0.4, 0.5) is 0 Å². The molecule has 1 aromatic carbocycles. The quantitative estimate of drug-likeness (QED) is 0.891. The fraction of sp³-hybridized carbons (Fsp3) is 0.375. The highest BCUT2D eigenvalue weighted by atomic mass is 16.5. The summed E-state index contributed by atoms with van der Waals surface area (Å²) in [6.07, 6.45) is 0. The van der Waals surface area contributed by atoms with E-state index >= 15 is 0 Å². The number of carboxylic acids is 1. The molecule has 1 fully saturated rings. The number of ether oxygens (including phenoxy) is 2. The number of nitrogens with zero attached hydrogens (tertiary/aromatic N) is 1. The molecule has 1 aliphatic heterocycles. The van der Waals surface area contributed by atoms with Gasteiger partial charge in [-0.15, -0.1) is 0 Å². The van der Waals surface area contributed by atoms with Crippen LogP contribution in [0, 0.1) is 5.92 Å². The lowest BCUT2D eigenvalue weighted by Crippen LogP contribution is -2.38. The molecule has 0 radical (unpaired) electrons. The molecule has 1 aliphatic rings. The number of rotatable bonds is 3. The summed E-state index contributed by atoms with van der Waals surface area (Å²) in [7, 11) is 1.59. The van der Waals surface area contributed by atoms with Crippen molar-refractivity contribution in [3.05, 3.63) is 30.0 Å². The summed E-state index contributed by atoms with van der Waals surface area (Å²) in [5.41, 5.74) is 1.26. The summed E-state index contributed by atoms with van der Waals surface area (Å²) in [4.78, 5) is 28.4. The summed E-state index contributed by atoms with van der Waals surface area (Å²) in [5, 5.41) is 10.0. The molecule has 7 nitrogen and oxygen atoms in total. The Bertz CT molecular complexity index is 739. The summed E-state index contributed by atoms with van der Waals surface area (Å²) in [5.74, 6) is -1.17. The topological polar surface area (TPSA) is 91.9 Å². The second-order valence-electron chi connectivity index (χ2n) is 5.50. The molecular weight excluding hydrogens is 300 g/mol. The molecule has 1 atom stereocenters. The van der Waals surface area contributed by atoms with Gasteiger partial charge in [0.2, 0.25) is 0 Å². The van der Waals surface area contributed by atoms with E-state index < -0.39 is 11.9 Å². The van der Waals surface area contributed by atoms with Gasteiger partial charge in [0, 0.05) is 24.0 Å². The Morgan fingerprint density at radius 2 is 2.22 bits per heavy atom.